The highest BCUT2D eigenvalue weighted by Crippen LogP contribution is 2.32. The van der Waals surface area contributed by atoms with Crippen LogP contribution in [0.25, 0.3) is 6.08 Å². The maximum absolute atomic E-state index is 3.36. The lowest BCUT2D eigenvalue weighted by atomic mass is 9.82. The first-order valence-electron chi connectivity index (χ1n) is 19.3. The standard InChI is InChI=1S/C22H34.C6H12.C4H10.C3H8.C3H6.2C2H6.C2H4/c1-5-10-20-15-14-17(3)22(21(20)11-6-2)16-18(4)19-12-8-7-9-13-19;1-2-4-6-5-3-1;1-3-4-2;2*1-3-2;3*1-2/h14-16,19H,5-13H2,1-4H3;1-6H2;3-4H2,1-2H3;3H2,1-2H3;3H,1H2,2H3;2*1-2H3;1-2H2/b18-16+;;;;;;;. The van der Waals surface area contributed by atoms with Gasteiger partial charge >= 0.3 is 0 Å². The van der Waals surface area contributed by atoms with E-state index in [1.54, 1.807) is 22.8 Å². The summed E-state index contributed by atoms with van der Waals surface area (Å²) in [5, 5.41) is 0. The molecule has 0 aromatic heterocycles. The lowest BCUT2D eigenvalue weighted by Gasteiger charge is -2.23. The number of aryl methyl sites for hydroxylation is 2. The molecule has 1 aromatic carbocycles. The summed E-state index contributed by atoms with van der Waals surface area (Å²) in [5.41, 5.74) is 7.82. The normalized spacial score (nSPS) is 13.5. The van der Waals surface area contributed by atoms with Gasteiger partial charge in [0.05, 0.1) is 0 Å². The number of rotatable bonds is 7. The molecule has 2 fully saturated rings. The summed E-state index contributed by atoms with van der Waals surface area (Å²) in [6.07, 6.45) is 29.2. The van der Waals surface area contributed by atoms with E-state index < -0.39 is 0 Å². The molecule has 2 aliphatic rings. The summed E-state index contributed by atoms with van der Waals surface area (Å²) in [6.45, 7) is 37.1. The molecule has 0 spiro atoms. The van der Waals surface area contributed by atoms with Crippen molar-refractivity contribution in [1.29, 1.82) is 0 Å². The van der Waals surface area contributed by atoms with Gasteiger partial charge in [0, 0.05) is 0 Å². The van der Waals surface area contributed by atoms with Crippen molar-refractivity contribution in [3.8, 4) is 0 Å². The minimum atomic E-state index is 0.831. The molecule has 0 heteroatoms. The van der Waals surface area contributed by atoms with Gasteiger partial charge in [0.1, 0.15) is 0 Å². The minimum Gasteiger partial charge on any atom is -0.106 e. The fourth-order valence-corrected chi connectivity index (χ4v) is 5.04. The first-order valence-corrected chi connectivity index (χ1v) is 19.3. The average Bonchev–Trinajstić information content (AvgIpc) is 3.09. The number of allylic oxidation sites excluding steroid dienone is 2. The Morgan fingerprint density at radius 3 is 1.39 bits per heavy atom. The summed E-state index contributed by atoms with van der Waals surface area (Å²) < 4.78 is 0. The quantitative estimate of drug-likeness (QED) is 0.268. The van der Waals surface area contributed by atoms with Crippen LogP contribution in [0.1, 0.15) is 208 Å². The Morgan fingerprint density at radius 2 is 1.05 bits per heavy atom. The van der Waals surface area contributed by atoms with E-state index in [0.717, 1.165) is 5.92 Å². The van der Waals surface area contributed by atoms with Gasteiger partial charge in [-0.2, -0.15) is 0 Å². The molecule has 0 nitrogen and oxygen atoms in total. The van der Waals surface area contributed by atoms with Gasteiger partial charge in [-0.25, -0.2) is 0 Å². The second-order valence-corrected chi connectivity index (χ2v) is 11.4. The lowest BCUT2D eigenvalue weighted by Crippen LogP contribution is -2.08. The predicted octanol–water partition coefficient (Wildman–Crippen LogP) is 16.5. The largest absolute Gasteiger partial charge is 0.106 e. The van der Waals surface area contributed by atoms with Crippen molar-refractivity contribution in [2.45, 2.75) is 206 Å². The van der Waals surface area contributed by atoms with Crippen molar-refractivity contribution in [3.63, 3.8) is 0 Å². The second kappa shape index (κ2) is 45.9. The zero-order valence-electron chi connectivity index (χ0n) is 33.2. The zero-order chi connectivity index (χ0) is 35.0. The van der Waals surface area contributed by atoms with Gasteiger partial charge in [-0.1, -0.05) is 189 Å². The first-order chi connectivity index (χ1) is 21.4. The Kier molecular flexibility index (Phi) is 54.2. The molecule has 0 unspecified atom stereocenters. The minimum absolute atomic E-state index is 0.831. The van der Waals surface area contributed by atoms with Gasteiger partial charge in [-0.3, -0.25) is 0 Å². The number of hydrogen-bond donors (Lipinski definition) is 0. The average molecular weight is 615 g/mol. The van der Waals surface area contributed by atoms with E-state index in [-0.39, 0.29) is 0 Å². The van der Waals surface area contributed by atoms with Crippen LogP contribution >= 0.6 is 0 Å². The van der Waals surface area contributed by atoms with E-state index in [9.17, 15) is 0 Å². The van der Waals surface area contributed by atoms with Crippen molar-refractivity contribution in [2.75, 3.05) is 0 Å². The Balaban J connectivity index is -0.000000188. The first kappa shape index (κ1) is 52.0. The van der Waals surface area contributed by atoms with E-state index in [2.05, 4.69) is 93.3 Å². The summed E-state index contributed by atoms with van der Waals surface area (Å²) >= 11 is 0. The third-order valence-electron chi connectivity index (χ3n) is 7.31. The van der Waals surface area contributed by atoms with Crippen LogP contribution in [0.15, 0.2) is 43.5 Å². The Bertz CT molecular complexity index is 669. The topological polar surface area (TPSA) is 0 Å². The summed E-state index contributed by atoms with van der Waals surface area (Å²) in [6, 6.07) is 4.71. The maximum Gasteiger partial charge on any atom is -0.0193 e. The van der Waals surface area contributed by atoms with Gasteiger partial charge in [-0.15, -0.1) is 19.7 Å². The second-order valence-electron chi connectivity index (χ2n) is 11.4. The molecular formula is C44H86. The van der Waals surface area contributed by atoms with Gasteiger partial charge in [0.15, 0.2) is 0 Å². The van der Waals surface area contributed by atoms with Crippen LogP contribution in [0.3, 0.4) is 0 Å². The van der Waals surface area contributed by atoms with Crippen molar-refractivity contribution < 1.29 is 0 Å². The van der Waals surface area contributed by atoms with Crippen LogP contribution in [0, 0.1) is 12.8 Å². The van der Waals surface area contributed by atoms with Crippen molar-refractivity contribution >= 4 is 6.08 Å². The molecular weight excluding hydrogens is 528 g/mol. The van der Waals surface area contributed by atoms with E-state index in [0.29, 0.717) is 0 Å². The van der Waals surface area contributed by atoms with Crippen molar-refractivity contribution in [1.82, 2.24) is 0 Å². The SMILES string of the molecule is C1CCCCC1.C=C.C=CC.CC.CC.CCC.CCCC.CCCc1ccc(C)c(/C=C(\C)C2CCCCC2)c1CCC. The summed E-state index contributed by atoms with van der Waals surface area (Å²) in [5.74, 6) is 0.831. The zero-order valence-corrected chi connectivity index (χ0v) is 33.2. The smallest absolute Gasteiger partial charge is 0.0193 e. The maximum atomic E-state index is 3.36. The van der Waals surface area contributed by atoms with E-state index >= 15 is 0 Å². The van der Waals surface area contributed by atoms with E-state index in [4.69, 9.17) is 0 Å². The Morgan fingerprint density at radius 1 is 0.682 bits per heavy atom. The van der Waals surface area contributed by atoms with Crippen LogP contribution in [-0.4, -0.2) is 0 Å². The highest BCUT2D eigenvalue weighted by Gasteiger charge is 2.16. The molecule has 0 atom stereocenters. The molecule has 44 heavy (non-hydrogen) atoms. The lowest BCUT2D eigenvalue weighted by molar-refractivity contribution is 0.404. The highest BCUT2D eigenvalue weighted by atomic mass is 14.2. The van der Waals surface area contributed by atoms with Gasteiger partial charge in [0.25, 0.3) is 0 Å². The predicted molar refractivity (Wildman–Crippen MR) is 213 cm³/mol. The van der Waals surface area contributed by atoms with Gasteiger partial charge in [0.2, 0.25) is 0 Å². The Hall–Kier alpha value is -1.56. The van der Waals surface area contributed by atoms with E-state index in [1.165, 1.54) is 127 Å². The molecule has 262 valence electrons. The third-order valence-corrected chi connectivity index (χ3v) is 7.31. The summed E-state index contributed by atoms with van der Waals surface area (Å²) in [4.78, 5) is 0. The van der Waals surface area contributed by atoms with Gasteiger partial charge in [-0.05, 0) is 74.6 Å². The van der Waals surface area contributed by atoms with Crippen LogP contribution in [0.4, 0.5) is 0 Å². The Labute approximate surface area is 282 Å². The third kappa shape index (κ3) is 31.9. The van der Waals surface area contributed by atoms with Crippen molar-refractivity contribution in [3.05, 3.63) is 65.8 Å². The molecule has 0 N–H and O–H groups in total. The molecule has 2 aliphatic carbocycles. The van der Waals surface area contributed by atoms with Crippen molar-refractivity contribution in [2.24, 2.45) is 5.92 Å². The molecule has 0 heterocycles. The number of unbranched alkanes of at least 4 members (excludes halogenated alkanes) is 1. The number of hydrogen-bond acceptors (Lipinski definition) is 0. The fraction of sp³-hybridized carbons (Fsp3) is 0.727. The number of benzene rings is 1. The van der Waals surface area contributed by atoms with E-state index in [1.807, 2.05) is 34.6 Å². The molecule has 0 bridgehead atoms. The molecule has 3 rings (SSSR count). The monoisotopic (exact) mass is 615 g/mol. The molecule has 0 radical (unpaired) electrons. The van der Waals surface area contributed by atoms with Crippen LogP contribution < -0.4 is 0 Å². The van der Waals surface area contributed by atoms with Crippen LogP contribution in [0.2, 0.25) is 0 Å². The molecule has 0 aliphatic heterocycles. The summed E-state index contributed by atoms with van der Waals surface area (Å²) in [7, 11) is 0. The van der Waals surface area contributed by atoms with Crippen LogP contribution in [0.5, 0.6) is 0 Å². The highest BCUT2D eigenvalue weighted by molar-refractivity contribution is 5.62. The molecule has 1 aromatic rings. The van der Waals surface area contributed by atoms with Crippen LogP contribution in [-0.2, 0) is 12.8 Å². The van der Waals surface area contributed by atoms with Gasteiger partial charge < -0.3 is 0 Å². The molecule has 0 amide bonds. The molecule has 0 saturated heterocycles. The molecule has 2 saturated carbocycles. The fourth-order valence-electron chi connectivity index (χ4n) is 5.04.